The minimum Gasteiger partial charge on any atom is -0.382 e. The maximum Gasteiger partial charge on any atom is 0.151 e. The number of hydrogen-bond acceptors (Lipinski definition) is 3. The molecule has 12 heavy (non-hydrogen) atoms. The molecule has 0 fully saturated rings. The first-order valence-corrected chi connectivity index (χ1v) is 4.51. The van der Waals surface area contributed by atoms with E-state index in [0.29, 0.717) is 5.56 Å². The van der Waals surface area contributed by atoms with E-state index >= 15 is 0 Å². The van der Waals surface area contributed by atoms with Crippen molar-refractivity contribution in [2.75, 3.05) is 0 Å². The number of hydrogen-bond donors (Lipinski definition) is 1. The zero-order valence-electron chi connectivity index (χ0n) is 6.73. The Kier molecular flexibility index (Phi) is 3.31. The average Bonchev–Trinajstić information content (AvgIpc) is 2.04. The van der Waals surface area contributed by atoms with Crippen LogP contribution in [0.25, 0.3) is 0 Å². The molecule has 1 atom stereocenters. The summed E-state index contributed by atoms with van der Waals surface area (Å²) in [5.74, 6) is 0. The molecule has 1 N–H and O–H groups in total. The first kappa shape index (κ1) is 9.29. The second kappa shape index (κ2) is 4.28. The van der Waals surface area contributed by atoms with Crippen LogP contribution in [0.15, 0.2) is 29.2 Å². The largest absolute Gasteiger partial charge is 0.382 e. The van der Waals surface area contributed by atoms with E-state index in [-0.39, 0.29) is 0 Å². The standard InChI is InChI=1S/C9H10O2S/c1-7(11)12-9-5-3-2-4-8(9)6-10/h2-7,11H,1H3. The number of carbonyl (C=O) groups is 1. The van der Waals surface area contributed by atoms with Crippen molar-refractivity contribution in [2.45, 2.75) is 17.3 Å². The van der Waals surface area contributed by atoms with E-state index in [4.69, 9.17) is 5.11 Å². The van der Waals surface area contributed by atoms with E-state index in [1.165, 1.54) is 11.8 Å². The van der Waals surface area contributed by atoms with Crippen molar-refractivity contribution in [1.82, 2.24) is 0 Å². The Balaban J connectivity index is 2.89. The minimum absolute atomic E-state index is 0.480. The number of aldehydes is 1. The molecule has 1 unspecified atom stereocenters. The molecule has 0 spiro atoms. The van der Waals surface area contributed by atoms with Crippen LogP contribution in [0.5, 0.6) is 0 Å². The molecule has 0 radical (unpaired) electrons. The summed E-state index contributed by atoms with van der Waals surface area (Å²) in [6.45, 7) is 1.67. The number of aliphatic hydroxyl groups excluding tert-OH is 1. The molecule has 0 heterocycles. The summed E-state index contributed by atoms with van der Waals surface area (Å²) in [5.41, 5.74) is 0.148. The van der Waals surface area contributed by atoms with Crippen molar-refractivity contribution in [3.63, 3.8) is 0 Å². The lowest BCUT2D eigenvalue weighted by molar-refractivity contribution is 0.112. The van der Waals surface area contributed by atoms with Gasteiger partial charge in [0.05, 0.1) is 0 Å². The molecular formula is C9H10O2S. The lowest BCUT2D eigenvalue weighted by Crippen LogP contribution is -1.93. The summed E-state index contributed by atoms with van der Waals surface area (Å²) in [7, 11) is 0. The average molecular weight is 182 g/mol. The second-order valence-corrected chi connectivity index (χ2v) is 3.73. The van der Waals surface area contributed by atoms with Gasteiger partial charge in [0, 0.05) is 10.5 Å². The molecule has 1 aromatic carbocycles. The van der Waals surface area contributed by atoms with Crippen molar-refractivity contribution >= 4 is 18.0 Å². The van der Waals surface area contributed by atoms with Crippen LogP contribution in [-0.2, 0) is 0 Å². The summed E-state index contributed by atoms with van der Waals surface area (Å²) < 4.78 is 0. The fraction of sp³-hybridized carbons (Fsp3) is 0.222. The van der Waals surface area contributed by atoms with Gasteiger partial charge in [-0.25, -0.2) is 0 Å². The first-order valence-electron chi connectivity index (χ1n) is 3.63. The number of thioether (sulfide) groups is 1. The monoisotopic (exact) mass is 182 g/mol. The molecule has 0 amide bonds. The highest BCUT2D eigenvalue weighted by molar-refractivity contribution is 7.99. The van der Waals surface area contributed by atoms with Crippen molar-refractivity contribution in [3.05, 3.63) is 29.8 Å². The first-order chi connectivity index (χ1) is 5.74. The lowest BCUT2D eigenvalue weighted by Gasteiger charge is -2.05. The van der Waals surface area contributed by atoms with Crippen molar-refractivity contribution in [2.24, 2.45) is 0 Å². The van der Waals surface area contributed by atoms with Crippen molar-refractivity contribution in [3.8, 4) is 0 Å². The predicted molar refractivity (Wildman–Crippen MR) is 49.4 cm³/mol. The maximum absolute atomic E-state index is 10.5. The van der Waals surface area contributed by atoms with Crippen molar-refractivity contribution < 1.29 is 9.90 Å². The molecule has 64 valence electrons. The molecule has 0 saturated heterocycles. The van der Waals surface area contributed by atoms with Gasteiger partial charge in [-0.1, -0.05) is 30.0 Å². The van der Waals surface area contributed by atoms with E-state index in [0.717, 1.165) is 11.2 Å². The normalized spacial score (nSPS) is 12.5. The summed E-state index contributed by atoms with van der Waals surface area (Å²) in [4.78, 5) is 11.3. The molecule has 0 saturated carbocycles. The Labute approximate surface area is 75.6 Å². The van der Waals surface area contributed by atoms with Gasteiger partial charge in [0.1, 0.15) is 5.44 Å². The smallest absolute Gasteiger partial charge is 0.151 e. The van der Waals surface area contributed by atoms with Crippen molar-refractivity contribution in [1.29, 1.82) is 0 Å². The van der Waals surface area contributed by atoms with Gasteiger partial charge in [-0.15, -0.1) is 0 Å². The van der Waals surface area contributed by atoms with Crippen LogP contribution in [-0.4, -0.2) is 16.8 Å². The summed E-state index contributed by atoms with van der Waals surface area (Å²) in [6, 6.07) is 7.20. The van der Waals surface area contributed by atoms with E-state index in [1.54, 1.807) is 19.1 Å². The van der Waals surface area contributed by atoms with Gasteiger partial charge in [-0.3, -0.25) is 4.79 Å². The molecule has 2 nitrogen and oxygen atoms in total. The van der Waals surface area contributed by atoms with Crippen LogP contribution < -0.4 is 0 Å². The van der Waals surface area contributed by atoms with Gasteiger partial charge < -0.3 is 5.11 Å². The van der Waals surface area contributed by atoms with E-state index < -0.39 is 5.44 Å². The summed E-state index contributed by atoms with van der Waals surface area (Å²) >= 11 is 1.27. The van der Waals surface area contributed by atoms with Crippen LogP contribution in [0, 0.1) is 0 Å². The third-order valence-electron chi connectivity index (χ3n) is 1.34. The molecule has 0 aliphatic heterocycles. The molecule has 1 aromatic rings. The van der Waals surface area contributed by atoms with Gasteiger partial charge in [0.2, 0.25) is 0 Å². The van der Waals surface area contributed by atoms with Gasteiger partial charge in [0.15, 0.2) is 6.29 Å². The fourth-order valence-corrected chi connectivity index (χ4v) is 1.65. The third kappa shape index (κ3) is 2.36. The Hall–Kier alpha value is -0.800. The van der Waals surface area contributed by atoms with E-state index in [1.807, 2.05) is 12.1 Å². The van der Waals surface area contributed by atoms with Crippen LogP contribution in [0.1, 0.15) is 17.3 Å². The van der Waals surface area contributed by atoms with Crippen LogP contribution in [0.4, 0.5) is 0 Å². The van der Waals surface area contributed by atoms with Crippen LogP contribution in [0.2, 0.25) is 0 Å². The van der Waals surface area contributed by atoms with E-state index in [9.17, 15) is 4.79 Å². The quantitative estimate of drug-likeness (QED) is 0.441. The number of aliphatic hydroxyl groups is 1. The molecule has 0 aromatic heterocycles. The SMILES string of the molecule is CC(O)Sc1ccccc1C=O. The van der Waals surface area contributed by atoms with Gasteiger partial charge in [-0.05, 0) is 13.0 Å². The number of rotatable bonds is 3. The molecule has 1 rings (SSSR count). The number of carbonyl (C=O) groups excluding carboxylic acids is 1. The fourth-order valence-electron chi connectivity index (χ4n) is 0.869. The third-order valence-corrected chi connectivity index (χ3v) is 2.31. The van der Waals surface area contributed by atoms with Gasteiger partial charge in [-0.2, -0.15) is 0 Å². The van der Waals surface area contributed by atoms with Crippen LogP contribution >= 0.6 is 11.8 Å². The Morgan fingerprint density at radius 2 is 2.17 bits per heavy atom. The molecule has 0 aliphatic carbocycles. The molecule has 0 bridgehead atoms. The zero-order chi connectivity index (χ0) is 8.97. The summed E-state index contributed by atoms with van der Waals surface area (Å²) in [5, 5.41) is 9.07. The molecular weight excluding hydrogens is 172 g/mol. The highest BCUT2D eigenvalue weighted by Gasteiger charge is 2.03. The summed E-state index contributed by atoms with van der Waals surface area (Å²) in [6.07, 6.45) is 0.796. The highest BCUT2D eigenvalue weighted by atomic mass is 32.2. The topological polar surface area (TPSA) is 37.3 Å². The van der Waals surface area contributed by atoms with Gasteiger partial charge in [0.25, 0.3) is 0 Å². The zero-order valence-corrected chi connectivity index (χ0v) is 7.54. The van der Waals surface area contributed by atoms with E-state index in [2.05, 4.69) is 0 Å². The Bertz CT molecular complexity index is 271. The Morgan fingerprint density at radius 1 is 1.50 bits per heavy atom. The van der Waals surface area contributed by atoms with Gasteiger partial charge >= 0.3 is 0 Å². The number of benzene rings is 1. The molecule has 0 aliphatic rings. The van der Waals surface area contributed by atoms with Crippen LogP contribution in [0.3, 0.4) is 0 Å². The highest BCUT2D eigenvalue weighted by Crippen LogP contribution is 2.24. The Morgan fingerprint density at radius 3 is 2.75 bits per heavy atom. The lowest BCUT2D eigenvalue weighted by atomic mass is 10.2. The molecule has 3 heteroatoms. The maximum atomic E-state index is 10.5. The minimum atomic E-state index is -0.480. The second-order valence-electron chi connectivity index (χ2n) is 2.37. The predicted octanol–water partition coefficient (Wildman–Crippen LogP) is 1.93.